The van der Waals surface area contributed by atoms with Crippen molar-refractivity contribution in [2.75, 3.05) is 39.9 Å². The Morgan fingerprint density at radius 2 is 0.724 bits per heavy atom. The molecule has 11 nitrogen and oxygen atoms in total. The Morgan fingerprint density at radius 1 is 0.431 bits per heavy atom. The molecule has 6 rings (SSSR count). The number of aliphatic hydroxyl groups excluding tert-OH is 2. The van der Waals surface area contributed by atoms with E-state index in [0.717, 1.165) is 33.4 Å². The Morgan fingerprint density at radius 3 is 0.966 bits per heavy atom. The highest BCUT2D eigenvalue weighted by Crippen LogP contribution is 2.56. The minimum Gasteiger partial charge on any atom is -0.493 e. The zero-order chi connectivity index (χ0) is 41.8. The van der Waals surface area contributed by atoms with Gasteiger partial charge in [-0.2, -0.15) is 0 Å². The summed E-state index contributed by atoms with van der Waals surface area (Å²) in [5, 5.41) is 32.9. The van der Waals surface area contributed by atoms with Crippen molar-refractivity contribution < 1.29 is 52.5 Å². The standard InChI is InChI=1S/C42H38O5.C4H10O6S/c1-43-37-29-17-27-35(39(37)45-3)41(31-19-9-5-10-20-31,32-21-11-6-12-22-32)47-42(33-23-13-7-14-24-33,34-25-15-8-16-26-34)36-28-18-30-38(44-2)40(36)46-4;5-3(6)1-11(9,10)2-4(7)8/h5-30H,1-4H3;3-8H,1-2H2. The van der Waals surface area contributed by atoms with Crippen LogP contribution >= 0.6 is 0 Å². The van der Waals surface area contributed by atoms with Gasteiger partial charge in [0.2, 0.25) is 0 Å². The van der Waals surface area contributed by atoms with Crippen LogP contribution in [0.4, 0.5) is 0 Å². The van der Waals surface area contributed by atoms with Crippen LogP contribution in [0.1, 0.15) is 33.4 Å². The van der Waals surface area contributed by atoms with Crippen molar-refractivity contribution in [2.24, 2.45) is 0 Å². The number of rotatable bonds is 16. The van der Waals surface area contributed by atoms with E-state index in [1.54, 1.807) is 28.4 Å². The van der Waals surface area contributed by atoms with Crippen molar-refractivity contribution in [1.82, 2.24) is 0 Å². The van der Waals surface area contributed by atoms with Gasteiger partial charge in [-0.1, -0.05) is 146 Å². The van der Waals surface area contributed by atoms with Crippen LogP contribution in [0.25, 0.3) is 0 Å². The first-order valence-electron chi connectivity index (χ1n) is 18.2. The molecule has 0 bridgehead atoms. The third kappa shape index (κ3) is 9.35. The van der Waals surface area contributed by atoms with Crippen LogP contribution in [0.15, 0.2) is 158 Å². The second-order valence-corrected chi connectivity index (χ2v) is 15.2. The van der Waals surface area contributed by atoms with Crippen LogP contribution in [-0.2, 0) is 25.8 Å². The fraction of sp³-hybridized carbons (Fsp3) is 0.217. The number of methoxy groups -OCH3 is 4. The van der Waals surface area contributed by atoms with E-state index in [0.29, 0.717) is 23.0 Å². The lowest BCUT2D eigenvalue weighted by molar-refractivity contribution is -0.0828. The predicted octanol–water partition coefficient (Wildman–Crippen LogP) is 6.04. The lowest BCUT2D eigenvalue weighted by atomic mass is 9.74. The van der Waals surface area contributed by atoms with Crippen LogP contribution in [0.5, 0.6) is 23.0 Å². The summed E-state index contributed by atoms with van der Waals surface area (Å²) in [7, 11) is 2.84. The van der Waals surface area contributed by atoms with Crippen molar-refractivity contribution in [1.29, 1.82) is 0 Å². The molecule has 0 aliphatic heterocycles. The zero-order valence-corrected chi connectivity index (χ0v) is 33.5. The summed E-state index contributed by atoms with van der Waals surface area (Å²) in [5.74, 6) is 0.545. The predicted molar refractivity (Wildman–Crippen MR) is 221 cm³/mol. The lowest BCUT2D eigenvalue weighted by Gasteiger charge is -2.47. The minimum atomic E-state index is -3.78. The maximum atomic E-state index is 10.6. The van der Waals surface area contributed by atoms with Gasteiger partial charge in [0.25, 0.3) is 0 Å². The van der Waals surface area contributed by atoms with Crippen molar-refractivity contribution in [3.8, 4) is 23.0 Å². The van der Waals surface area contributed by atoms with Gasteiger partial charge >= 0.3 is 0 Å². The topological polar surface area (TPSA) is 161 Å². The molecule has 0 fully saturated rings. The molecule has 0 aliphatic rings. The number of benzene rings is 6. The van der Waals surface area contributed by atoms with E-state index in [-0.39, 0.29) is 0 Å². The molecule has 6 aromatic rings. The molecule has 0 atom stereocenters. The molecule has 0 saturated carbocycles. The zero-order valence-electron chi connectivity index (χ0n) is 32.6. The summed E-state index contributed by atoms with van der Waals surface area (Å²) >= 11 is 0. The van der Waals surface area contributed by atoms with Crippen molar-refractivity contribution >= 4 is 9.84 Å². The molecule has 0 aromatic heterocycles. The molecule has 0 unspecified atom stereocenters. The van der Waals surface area contributed by atoms with E-state index in [2.05, 4.69) is 48.5 Å². The monoisotopic (exact) mass is 808 g/mol. The van der Waals surface area contributed by atoms with Gasteiger partial charge in [0.15, 0.2) is 45.4 Å². The second-order valence-electron chi connectivity index (χ2n) is 13.0. The van der Waals surface area contributed by atoms with Gasteiger partial charge in [0.1, 0.15) is 22.7 Å². The molecule has 0 saturated heterocycles. The number of ether oxygens (including phenoxy) is 5. The second kappa shape index (κ2) is 19.6. The Labute approximate surface area is 339 Å². The normalized spacial score (nSPS) is 11.8. The molecule has 58 heavy (non-hydrogen) atoms. The summed E-state index contributed by atoms with van der Waals surface area (Å²) in [6.07, 6.45) is -3.95. The summed E-state index contributed by atoms with van der Waals surface area (Å²) in [6.45, 7) is 0. The molecule has 0 heterocycles. The summed E-state index contributed by atoms with van der Waals surface area (Å²) < 4.78 is 53.5. The van der Waals surface area contributed by atoms with Gasteiger partial charge in [0.05, 0.1) is 28.4 Å². The van der Waals surface area contributed by atoms with Gasteiger partial charge in [-0.25, -0.2) is 8.42 Å². The van der Waals surface area contributed by atoms with Gasteiger partial charge in [0, 0.05) is 11.1 Å². The molecule has 0 aliphatic carbocycles. The maximum Gasteiger partial charge on any atom is 0.167 e. The van der Waals surface area contributed by atoms with Crippen LogP contribution in [0, 0.1) is 0 Å². The van der Waals surface area contributed by atoms with Gasteiger partial charge < -0.3 is 44.1 Å². The Bertz CT molecular complexity index is 2050. The third-order valence-corrected chi connectivity index (χ3v) is 11.0. The van der Waals surface area contributed by atoms with E-state index in [1.165, 1.54) is 0 Å². The summed E-state index contributed by atoms with van der Waals surface area (Å²) in [6, 6.07) is 52.8. The first kappa shape index (κ1) is 43.4. The van der Waals surface area contributed by atoms with E-state index in [4.69, 9.17) is 44.1 Å². The third-order valence-electron chi connectivity index (χ3n) is 9.40. The average molecular weight is 809 g/mol. The maximum absolute atomic E-state index is 10.6. The van der Waals surface area contributed by atoms with E-state index in [1.807, 2.05) is 109 Å². The highest BCUT2D eigenvalue weighted by atomic mass is 32.2. The number of para-hydroxylation sites is 2. The Balaban J connectivity index is 0.000000510. The average Bonchev–Trinajstić information content (AvgIpc) is 3.24. The largest absolute Gasteiger partial charge is 0.493 e. The fourth-order valence-electron chi connectivity index (χ4n) is 7.07. The van der Waals surface area contributed by atoms with Crippen LogP contribution in [0.2, 0.25) is 0 Å². The highest BCUT2D eigenvalue weighted by Gasteiger charge is 2.51. The molecule has 0 radical (unpaired) electrons. The van der Waals surface area contributed by atoms with E-state index in [9.17, 15) is 8.42 Å². The molecule has 12 heteroatoms. The SMILES string of the molecule is COc1cccc(C(OC(c2ccccc2)(c2ccccc2)c2cccc(OC)c2OC)(c2ccccc2)c2ccccc2)c1OC.O=S(=O)(CC(O)O)CC(O)O. The minimum absolute atomic E-state index is 0.565. The summed E-state index contributed by atoms with van der Waals surface area (Å²) in [4.78, 5) is 0. The van der Waals surface area contributed by atoms with E-state index >= 15 is 0 Å². The molecular formula is C46H48O11S. The van der Waals surface area contributed by atoms with Gasteiger partial charge in [-0.3, -0.25) is 0 Å². The number of aliphatic hydroxyl groups is 4. The quantitative estimate of drug-likeness (QED) is 0.0667. The number of sulfone groups is 1. The van der Waals surface area contributed by atoms with Crippen LogP contribution in [0.3, 0.4) is 0 Å². The highest BCUT2D eigenvalue weighted by molar-refractivity contribution is 7.91. The van der Waals surface area contributed by atoms with Crippen LogP contribution in [-0.4, -0.2) is 81.4 Å². The Hall–Kier alpha value is -5.73. The molecule has 304 valence electrons. The number of hydrogen-bond donors (Lipinski definition) is 4. The fourth-order valence-corrected chi connectivity index (χ4v) is 8.12. The first-order valence-corrected chi connectivity index (χ1v) is 20.1. The first-order chi connectivity index (χ1) is 28.0. The Kier molecular flexibility index (Phi) is 14.7. The molecule has 4 N–H and O–H groups in total. The van der Waals surface area contributed by atoms with Crippen molar-refractivity contribution in [3.05, 3.63) is 191 Å². The molecule has 0 amide bonds. The van der Waals surface area contributed by atoms with Gasteiger partial charge in [-0.15, -0.1) is 0 Å². The van der Waals surface area contributed by atoms with E-state index < -0.39 is 45.1 Å². The number of hydrogen-bond acceptors (Lipinski definition) is 11. The smallest absolute Gasteiger partial charge is 0.167 e. The summed E-state index contributed by atoms with van der Waals surface area (Å²) in [5.41, 5.74) is 2.62. The lowest BCUT2D eigenvalue weighted by Crippen LogP contribution is -2.45. The molecular weight excluding hydrogens is 761 g/mol. The van der Waals surface area contributed by atoms with Crippen molar-refractivity contribution in [2.45, 2.75) is 23.8 Å². The van der Waals surface area contributed by atoms with Crippen molar-refractivity contribution in [3.63, 3.8) is 0 Å². The van der Waals surface area contributed by atoms with Crippen LogP contribution < -0.4 is 18.9 Å². The molecule has 6 aromatic carbocycles. The van der Waals surface area contributed by atoms with Gasteiger partial charge in [-0.05, 0) is 34.4 Å². The molecule has 0 spiro atoms.